The Morgan fingerprint density at radius 1 is 1.19 bits per heavy atom. The van der Waals surface area contributed by atoms with E-state index in [-0.39, 0.29) is 16.8 Å². The van der Waals surface area contributed by atoms with Gasteiger partial charge in [0, 0.05) is 23.2 Å². The molecule has 92 valence electrons. The molecule has 5 heteroatoms. The van der Waals surface area contributed by atoms with Crippen molar-refractivity contribution in [1.29, 1.82) is 0 Å². The Balaban J connectivity index is 0. The van der Waals surface area contributed by atoms with Crippen LogP contribution in [0.25, 0.3) is 0 Å². The molecule has 4 nitrogen and oxygen atoms in total. The van der Waals surface area contributed by atoms with E-state index < -0.39 is 11.6 Å². The largest absolute Gasteiger partial charge is 0.150 e. The first-order chi connectivity index (χ1) is 7.10. The molecule has 0 N–H and O–H groups in total. The molecular weight excluding hydrogens is 251 g/mol. The van der Waals surface area contributed by atoms with Crippen LogP contribution in [0.3, 0.4) is 0 Å². The van der Waals surface area contributed by atoms with Gasteiger partial charge in [0.1, 0.15) is 11.6 Å². The number of hydrogen-bond acceptors (Lipinski definition) is 4. The van der Waals surface area contributed by atoms with Crippen molar-refractivity contribution < 1.29 is 16.8 Å². The molecule has 0 amide bonds. The monoisotopic (exact) mass is 268 g/mol. The van der Waals surface area contributed by atoms with Gasteiger partial charge in [-0.15, -0.1) is 0 Å². The Morgan fingerprint density at radius 2 is 1.69 bits per heavy atom. The van der Waals surface area contributed by atoms with E-state index in [1.54, 1.807) is 13.8 Å². The van der Waals surface area contributed by atoms with Crippen LogP contribution >= 0.6 is 0 Å². The third-order valence-corrected chi connectivity index (χ3v) is 2.54. The minimum absolute atomic E-state index is 0. The maximum Gasteiger partial charge on any atom is 0.125 e. The first-order valence-corrected chi connectivity index (χ1v) is 4.94. The molecule has 1 aliphatic carbocycles. The van der Waals surface area contributed by atoms with E-state index in [0.717, 1.165) is 0 Å². The van der Waals surface area contributed by atoms with Crippen molar-refractivity contribution >= 4 is 0 Å². The molecule has 0 heterocycles. The second-order valence-corrected chi connectivity index (χ2v) is 3.55. The summed E-state index contributed by atoms with van der Waals surface area (Å²) in [6.07, 6.45) is 10.5. The van der Waals surface area contributed by atoms with Crippen molar-refractivity contribution in [3.63, 3.8) is 0 Å². The van der Waals surface area contributed by atoms with Gasteiger partial charge in [-0.2, -0.15) is 9.81 Å². The molecule has 2 radical (unpaired) electrons. The quantitative estimate of drug-likeness (QED) is 0.734. The first kappa shape index (κ1) is 17.6. The molecule has 0 aromatic heterocycles. The van der Waals surface area contributed by atoms with Crippen molar-refractivity contribution in [2.45, 2.75) is 38.8 Å². The summed E-state index contributed by atoms with van der Waals surface area (Å²) in [6, 6.07) is -0.532. The molecule has 0 bridgehead atoms. The minimum atomic E-state index is -0.818. The Hall–Kier alpha value is -0.814. The van der Waals surface area contributed by atoms with E-state index in [1.807, 2.05) is 37.6 Å². The number of hydrogen-bond donors (Lipinski definition) is 0. The summed E-state index contributed by atoms with van der Waals surface area (Å²) in [7, 11) is 0. The van der Waals surface area contributed by atoms with Gasteiger partial charge in [0.25, 0.3) is 0 Å². The van der Waals surface area contributed by atoms with Crippen LogP contribution in [-0.4, -0.2) is 11.6 Å². The number of rotatable bonds is 4. The van der Waals surface area contributed by atoms with Gasteiger partial charge in [-0.25, -0.2) is 0 Å². The maximum absolute atomic E-state index is 10.2. The standard InChI is InChI=1S/C6H12N2O2.C5H5.Co/c1-4-6(3,8-10)5(2)7-9;1-2-4-5-3-1;/h5H,4H2,1-3H3;1-5H;/t5-,6-;;/m1../s1. The van der Waals surface area contributed by atoms with E-state index >= 15 is 0 Å². The predicted molar refractivity (Wildman–Crippen MR) is 62.3 cm³/mol. The van der Waals surface area contributed by atoms with Crippen molar-refractivity contribution in [2.24, 2.45) is 10.4 Å². The van der Waals surface area contributed by atoms with Gasteiger partial charge >= 0.3 is 0 Å². The Kier molecular flexibility index (Phi) is 10.3. The Labute approximate surface area is 107 Å². The summed E-state index contributed by atoms with van der Waals surface area (Å²) in [5.74, 6) is 0. The molecule has 1 aliphatic rings. The van der Waals surface area contributed by atoms with Gasteiger partial charge in [-0.05, 0) is 20.3 Å². The van der Waals surface area contributed by atoms with Gasteiger partial charge < -0.3 is 0 Å². The molecule has 16 heavy (non-hydrogen) atoms. The number of nitroso groups, excluding NO2 is 2. The topological polar surface area (TPSA) is 58.9 Å². The number of allylic oxidation sites excluding steroid dienone is 4. The first-order valence-electron chi connectivity index (χ1n) is 4.94. The minimum Gasteiger partial charge on any atom is -0.150 e. The van der Waals surface area contributed by atoms with Crippen LogP contribution in [0.4, 0.5) is 0 Å². The molecule has 0 fully saturated rings. The third-order valence-electron chi connectivity index (χ3n) is 2.54. The molecule has 0 unspecified atom stereocenters. The van der Waals surface area contributed by atoms with E-state index in [0.29, 0.717) is 6.42 Å². The maximum atomic E-state index is 10.2. The van der Waals surface area contributed by atoms with Crippen molar-refractivity contribution in [3.8, 4) is 0 Å². The predicted octanol–water partition coefficient (Wildman–Crippen LogP) is 3.39. The molecule has 0 aromatic carbocycles. The zero-order chi connectivity index (χ0) is 11.7. The fraction of sp³-hybridized carbons (Fsp3) is 0.545. The molecule has 0 saturated heterocycles. The van der Waals surface area contributed by atoms with Crippen molar-refractivity contribution in [1.82, 2.24) is 0 Å². The van der Waals surface area contributed by atoms with Crippen LogP contribution in [0.15, 0.2) is 34.7 Å². The summed E-state index contributed by atoms with van der Waals surface area (Å²) in [5.41, 5.74) is -0.818. The molecule has 2 atom stereocenters. The summed E-state index contributed by atoms with van der Waals surface area (Å²) < 4.78 is 0. The second kappa shape index (κ2) is 9.42. The van der Waals surface area contributed by atoms with E-state index in [9.17, 15) is 9.81 Å². The van der Waals surface area contributed by atoms with E-state index in [2.05, 4.69) is 10.4 Å². The summed E-state index contributed by atoms with van der Waals surface area (Å²) >= 11 is 0. The molecule has 0 aromatic rings. The summed E-state index contributed by atoms with van der Waals surface area (Å²) in [4.78, 5) is 20.2. The molecule has 0 saturated carbocycles. The van der Waals surface area contributed by atoms with Gasteiger partial charge in [-0.3, -0.25) is 0 Å². The smallest absolute Gasteiger partial charge is 0.125 e. The SMILES string of the molecule is CC[C@@](C)(N=O)[C@@H](C)N=O.[CH]1C=CC=C1.[Co]. The third kappa shape index (κ3) is 5.92. The van der Waals surface area contributed by atoms with Crippen LogP contribution in [0.5, 0.6) is 0 Å². The molecule has 0 aliphatic heterocycles. The van der Waals surface area contributed by atoms with E-state index in [1.165, 1.54) is 0 Å². The average Bonchev–Trinajstić information content (AvgIpc) is 2.85. The van der Waals surface area contributed by atoms with Crippen LogP contribution in [-0.2, 0) is 16.8 Å². The van der Waals surface area contributed by atoms with Crippen LogP contribution in [0, 0.1) is 16.2 Å². The Bertz CT molecular complexity index is 257. The van der Waals surface area contributed by atoms with Gasteiger partial charge in [-0.1, -0.05) is 41.6 Å². The Morgan fingerprint density at radius 3 is 1.81 bits per heavy atom. The normalized spacial score (nSPS) is 17.4. The van der Waals surface area contributed by atoms with Gasteiger partial charge in [0.05, 0.1) is 0 Å². The fourth-order valence-corrected chi connectivity index (χ4v) is 0.871. The van der Waals surface area contributed by atoms with Gasteiger partial charge in [0.2, 0.25) is 0 Å². The number of nitrogens with zero attached hydrogens (tertiary/aromatic N) is 2. The van der Waals surface area contributed by atoms with Crippen LogP contribution < -0.4 is 0 Å². The zero-order valence-corrected chi connectivity index (χ0v) is 10.8. The fourth-order valence-electron chi connectivity index (χ4n) is 0.871. The molecule has 0 spiro atoms. The summed E-state index contributed by atoms with van der Waals surface area (Å²) in [6.45, 7) is 5.03. The summed E-state index contributed by atoms with van der Waals surface area (Å²) in [5, 5.41) is 5.62. The zero-order valence-electron chi connectivity index (χ0n) is 9.72. The molecule has 1 rings (SSSR count). The van der Waals surface area contributed by atoms with E-state index in [4.69, 9.17) is 0 Å². The second-order valence-electron chi connectivity index (χ2n) is 3.55. The van der Waals surface area contributed by atoms with Crippen molar-refractivity contribution in [2.75, 3.05) is 0 Å². The molecular formula is C11H17CoN2O2. The average molecular weight is 268 g/mol. The van der Waals surface area contributed by atoms with Gasteiger partial charge in [0.15, 0.2) is 0 Å². The van der Waals surface area contributed by atoms with Crippen LogP contribution in [0.1, 0.15) is 27.2 Å². The van der Waals surface area contributed by atoms with Crippen LogP contribution in [0.2, 0.25) is 0 Å². The van der Waals surface area contributed by atoms with Crippen molar-refractivity contribution in [3.05, 3.63) is 40.5 Å².